The van der Waals surface area contributed by atoms with Crippen LogP contribution in [0.25, 0.3) is 5.65 Å². The molecule has 9 heteroatoms. The van der Waals surface area contributed by atoms with Crippen molar-refractivity contribution in [1.29, 1.82) is 0 Å². The highest BCUT2D eigenvalue weighted by molar-refractivity contribution is 5.95. The summed E-state index contributed by atoms with van der Waals surface area (Å²) in [6.45, 7) is 5.42. The number of fused-ring (bicyclic) bond motifs is 1. The molecule has 0 radical (unpaired) electrons. The quantitative estimate of drug-likeness (QED) is 0.394. The van der Waals surface area contributed by atoms with E-state index >= 15 is 0 Å². The van der Waals surface area contributed by atoms with Crippen molar-refractivity contribution in [2.75, 3.05) is 32.2 Å². The van der Waals surface area contributed by atoms with Gasteiger partial charge in [0, 0.05) is 43.2 Å². The maximum Gasteiger partial charge on any atom is 0.319 e. The number of anilines is 1. The monoisotopic (exact) mass is 489 g/mol. The smallest absolute Gasteiger partial charge is 0.319 e. The topological polar surface area (TPSA) is 106 Å². The number of hydrogen-bond donors (Lipinski definition) is 3. The van der Waals surface area contributed by atoms with Crippen LogP contribution in [-0.2, 0) is 4.74 Å². The standard InChI is InChI=1S/C27H31N5O4/c1-18-13-19(2)23(14-20(18)16-29-27(34)30-21-7-5-4-6-8-21)31-26(33)24-17-28-25-15-22(9-10-32(24)25)36-12-11-35-3/h4-10,13-15,17-18,20H,11-12,16H2,1-3H3,(H,31,33)(H2,29,30,34). The number of hydrogen-bond acceptors (Lipinski definition) is 5. The number of ether oxygens (including phenoxy) is 2. The van der Waals surface area contributed by atoms with Crippen LogP contribution in [0.2, 0.25) is 0 Å². The SMILES string of the molecule is COCCOc1ccn2c(C(=O)NC3=CC(CNC(=O)Nc4ccccc4)C(C)C=C3C)cnc2c1. The maximum atomic E-state index is 13.1. The number of amides is 3. The highest BCUT2D eigenvalue weighted by Gasteiger charge is 2.23. The average Bonchev–Trinajstić information content (AvgIpc) is 3.29. The summed E-state index contributed by atoms with van der Waals surface area (Å²) in [6, 6.07) is 12.6. The molecule has 3 N–H and O–H groups in total. The molecule has 3 aromatic rings. The number of urea groups is 1. The van der Waals surface area contributed by atoms with Gasteiger partial charge in [-0.2, -0.15) is 0 Å². The molecule has 2 heterocycles. The third-order valence-corrected chi connectivity index (χ3v) is 6.05. The summed E-state index contributed by atoms with van der Waals surface area (Å²) in [7, 11) is 1.62. The molecule has 1 aliphatic carbocycles. The number of allylic oxidation sites excluding steroid dienone is 2. The number of para-hydroxylation sites is 1. The van der Waals surface area contributed by atoms with E-state index in [1.54, 1.807) is 36.0 Å². The second-order valence-electron chi connectivity index (χ2n) is 8.68. The van der Waals surface area contributed by atoms with Crippen LogP contribution in [0.4, 0.5) is 10.5 Å². The summed E-state index contributed by atoms with van der Waals surface area (Å²) in [5.41, 5.74) is 3.46. The third kappa shape index (κ3) is 6.11. The van der Waals surface area contributed by atoms with Crippen LogP contribution in [0, 0.1) is 11.8 Å². The van der Waals surface area contributed by atoms with E-state index in [0.717, 1.165) is 17.0 Å². The Kier molecular flexibility index (Phi) is 8.02. The Bertz CT molecular complexity index is 1280. The number of methoxy groups -OCH3 is 1. The predicted molar refractivity (Wildman–Crippen MR) is 138 cm³/mol. The summed E-state index contributed by atoms with van der Waals surface area (Å²) >= 11 is 0. The number of carbonyl (C=O) groups excluding carboxylic acids is 2. The van der Waals surface area contributed by atoms with Crippen molar-refractivity contribution < 1.29 is 19.1 Å². The molecule has 0 fully saturated rings. The van der Waals surface area contributed by atoms with Crippen LogP contribution in [0.15, 0.2) is 78.3 Å². The van der Waals surface area contributed by atoms with Crippen LogP contribution in [-0.4, -0.2) is 48.2 Å². The summed E-state index contributed by atoms with van der Waals surface area (Å²) in [6.07, 6.45) is 7.42. The summed E-state index contributed by atoms with van der Waals surface area (Å²) < 4.78 is 12.3. The van der Waals surface area contributed by atoms with Crippen molar-refractivity contribution in [3.63, 3.8) is 0 Å². The normalized spacial score (nSPS) is 17.2. The molecule has 0 saturated carbocycles. The first-order chi connectivity index (χ1) is 17.4. The highest BCUT2D eigenvalue weighted by Crippen LogP contribution is 2.26. The second-order valence-corrected chi connectivity index (χ2v) is 8.68. The Labute approximate surface area is 210 Å². The first-order valence-electron chi connectivity index (χ1n) is 11.9. The van der Waals surface area contributed by atoms with E-state index in [4.69, 9.17) is 9.47 Å². The van der Waals surface area contributed by atoms with Gasteiger partial charge in [-0.1, -0.05) is 37.3 Å². The third-order valence-electron chi connectivity index (χ3n) is 6.05. The Morgan fingerprint density at radius 1 is 1.08 bits per heavy atom. The maximum absolute atomic E-state index is 13.1. The van der Waals surface area contributed by atoms with Gasteiger partial charge in [0.05, 0.1) is 12.8 Å². The molecule has 0 saturated heterocycles. The largest absolute Gasteiger partial charge is 0.491 e. The predicted octanol–water partition coefficient (Wildman–Crippen LogP) is 4.01. The summed E-state index contributed by atoms with van der Waals surface area (Å²) in [5.74, 6) is 0.624. The molecule has 1 aromatic carbocycles. The number of benzene rings is 1. The van der Waals surface area contributed by atoms with E-state index < -0.39 is 0 Å². The lowest BCUT2D eigenvalue weighted by Crippen LogP contribution is -2.36. The lowest BCUT2D eigenvalue weighted by molar-refractivity contribution is 0.0960. The first-order valence-corrected chi connectivity index (χ1v) is 11.9. The summed E-state index contributed by atoms with van der Waals surface area (Å²) in [4.78, 5) is 29.8. The molecule has 0 spiro atoms. The molecule has 9 nitrogen and oxygen atoms in total. The molecule has 4 rings (SSSR count). The van der Waals surface area contributed by atoms with Gasteiger partial charge in [-0.25, -0.2) is 9.78 Å². The van der Waals surface area contributed by atoms with Crippen molar-refractivity contribution >= 4 is 23.3 Å². The molecular weight excluding hydrogens is 458 g/mol. The Hall–Kier alpha value is -4.11. The molecule has 2 atom stereocenters. The Morgan fingerprint density at radius 3 is 2.67 bits per heavy atom. The lowest BCUT2D eigenvalue weighted by atomic mass is 9.85. The minimum atomic E-state index is -0.269. The van der Waals surface area contributed by atoms with E-state index in [-0.39, 0.29) is 23.8 Å². The Morgan fingerprint density at radius 2 is 1.89 bits per heavy atom. The fourth-order valence-electron chi connectivity index (χ4n) is 4.05. The van der Waals surface area contributed by atoms with Gasteiger partial charge in [0.15, 0.2) is 0 Å². The van der Waals surface area contributed by atoms with Gasteiger partial charge < -0.3 is 25.4 Å². The second kappa shape index (κ2) is 11.5. The number of nitrogens with zero attached hydrogens (tertiary/aromatic N) is 2. The van der Waals surface area contributed by atoms with Crippen LogP contribution in [0.5, 0.6) is 5.75 Å². The molecule has 2 unspecified atom stereocenters. The lowest BCUT2D eigenvalue weighted by Gasteiger charge is -2.26. The van der Waals surface area contributed by atoms with Crippen LogP contribution in [0.3, 0.4) is 0 Å². The van der Waals surface area contributed by atoms with Gasteiger partial charge in [-0.3, -0.25) is 9.20 Å². The van der Waals surface area contributed by atoms with E-state index in [0.29, 0.717) is 36.8 Å². The van der Waals surface area contributed by atoms with Gasteiger partial charge in [0.1, 0.15) is 23.7 Å². The van der Waals surface area contributed by atoms with E-state index in [1.165, 1.54) is 0 Å². The first kappa shape index (κ1) is 25.0. The molecular formula is C27H31N5O4. The molecule has 0 aliphatic heterocycles. The van der Waals surface area contributed by atoms with Crippen LogP contribution >= 0.6 is 0 Å². The zero-order chi connectivity index (χ0) is 25.5. The van der Waals surface area contributed by atoms with Gasteiger partial charge in [-0.15, -0.1) is 0 Å². The molecule has 1 aliphatic rings. The van der Waals surface area contributed by atoms with Crippen molar-refractivity contribution in [2.45, 2.75) is 13.8 Å². The van der Waals surface area contributed by atoms with Crippen LogP contribution < -0.4 is 20.7 Å². The summed E-state index contributed by atoms with van der Waals surface area (Å²) in [5, 5.41) is 8.76. The van der Waals surface area contributed by atoms with Gasteiger partial charge in [0.25, 0.3) is 5.91 Å². The molecule has 0 bridgehead atoms. The number of nitrogens with one attached hydrogen (secondary N) is 3. The highest BCUT2D eigenvalue weighted by atomic mass is 16.5. The number of pyridine rings is 1. The number of imidazole rings is 1. The number of aromatic nitrogens is 2. The van der Waals surface area contributed by atoms with Crippen molar-refractivity contribution in [1.82, 2.24) is 20.0 Å². The van der Waals surface area contributed by atoms with Crippen molar-refractivity contribution in [2.24, 2.45) is 11.8 Å². The van der Waals surface area contributed by atoms with Crippen molar-refractivity contribution in [3.05, 3.63) is 84.0 Å². The average molecular weight is 490 g/mol. The minimum absolute atomic E-state index is 0.0273. The molecule has 188 valence electrons. The van der Waals surface area contributed by atoms with E-state index in [2.05, 4.69) is 33.9 Å². The number of rotatable bonds is 9. The van der Waals surface area contributed by atoms with Gasteiger partial charge >= 0.3 is 6.03 Å². The fraction of sp³-hybridized carbons (Fsp3) is 0.296. The molecule has 3 amide bonds. The van der Waals surface area contributed by atoms with Crippen molar-refractivity contribution in [3.8, 4) is 5.75 Å². The fourth-order valence-corrected chi connectivity index (χ4v) is 4.05. The molecule has 36 heavy (non-hydrogen) atoms. The molecule has 2 aromatic heterocycles. The zero-order valence-corrected chi connectivity index (χ0v) is 20.7. The zero-order valence-electron chi connectivity index (χ0n) is 20.7. The van der Waals surface area contributed by atoms with Gasteiger partial charge in [0.2, 0.25) is 0 Å². The van der Waals surface area contributed by atoms with E-state index in [1.807, 2.05) is 43.3 Å². The number of carbonyl (C=O) groups is 2. The Balaban J connectivity index is 1.40. The van der Waals surface area contributed by atoms with E-state index in [9.17, 15) is 9.59 Å². The minimum Gasteiger partial charge on any atom is -0.491 e. The van der Waals surface area contributed by atoms with Gasteiger partial charge in [-0.05, 0) is 36.6 Å². The van der Waals surface area contributed by atoms with Crippen LogP contribution in [0.1, 0.15) is 24.3 Å².